The number of ether oxygens (including phenoxy) is 4. The molecular weight excluding hydrogens is 478 g/mol. The highest BCUT2D eigenvalue weighted by atomic mass is 16.5. The summed E-state index contributed by atoms with van der Waals surface area (Å²) in [6.45, 7) is 9.38. The third-order valence-electron chi connectivity index (χ3n) is 6.37. The number of benzene rings is 1. The van der Waals surface area contributed by atoms with Gasteiger partial charge in [0.2, 0.25) is 0 Å². The van der Waals surface area contributed by atoms with Crippen LogP contribution in [0.25, 0.3) is 0 Å². The molecule has 0 spiro atoms. The first kappa shape index (κ1) is 32.7. The van der Waals surface area contributed by atoms with E-state index in [1.807, 2.05) is 18.2 Å². The van der Waals surface area contributed by atoms with Crippen LogP contribution in [0, 0.1) is 17.8 Å². The van der Waals surface area contributed by atoms with E-state index in [-0.39, 0.29) is 18.3 Å². The van der Waals surface area contributed by atoms with E-state index in [9.17, 15) is 14.7 Å². The Hall–Kier alpha value is -2.36. The normalized spacial score (nSPS) is 14.6. The average Bonchev–Trinajstić information content (AvgIpc) is 2.84. The van der Waals surface area contributed by atoms with Crippen LogP contribution < -0.4 is 15.2 Å². The molecule has 0 aromatic heterocycles. The maximum absolute atomic E-state index is 11.6. The van der Waals surface area contributed by atoms with Gasteiger partial charge in [-0.15, -0.1) is 0 Å². The van der Waals surface area contributed by atoms with Crippen molar-refractivity contribution in [3.63, 3.8) is 0 Å². The summed E-state index contributed by atoms with van der Waals surface area (Å²) in [7, 11) is 1.65. The molecule has 212 valence electrons. The zero-order chi connectivity index (χ0) is 27.8. The Bertz CT molecular complexity index is 800. The van der Waals surface area contributed by atoms with Crippen molar-refractivity contribution in [3.05, 3.63) is 23.8 Å². The molecule has 4 atom stereocenters. The average molecular weight is 526 g/mol. The number of carboxylic acids is 1. The molecule has 0 aliphatic heterocycles. The van der Waals surface area contributed by atoms with Crippen LogP contribution in [0.3, 0.4) is 0 Å². The molecule has 0 aliphatic carbocycles. The van der Waals surface area contributed by atoms with Gasteiger partial charge in [-0.25, -0.2) is 0 Å². The quantitative estimate of drug-likeness (QED) is 0.171. The molecule has 0 unspecified atom stereocenters. The standard InChI is InChI=1S/C28H47NO8/c1-6-35-27(31)9-7-13-36-25-11-10-21(17-26(25)37-14-8-12-34-5)16-22(19(2)3)18-23(29)24(30)15-20(4)28(32)33/h10-11,17,19-20,22-24,30H,6-9,12-16,18,29H2,1-5H3,(H,32,33)/t20-,22+,23+,24+/m1/s1. The van der Waals surface area contributed by atoms with Crippen molar-refractivity contribution in [1.82, 2.24) is 0 Å². The zero-order valence-corrected chi connectivity index (χ0v) is 23.1. The number of aliphatic hydroxyl groups excluding tert-OH is 1. The molecule has 4 N–H and O–H groups in total. The highest BCUT2D eigenvalue weighted by Gasteiger charge is 2.26. The van der Waals surface area contributed by atoms with Gasteiger partial charge in [0, 0.05) is 32.6 Å². The molecule has 1 rings (SSSR count). The topological polar surface area (TPSA) is 138 Å². The van der Waals surface area contributed by atoms with Crippen LogP contribution in [0.2, 0.25) is 0 Å². The maximum atomic E-state index is 11.6. The third-order valence-corrected chi connectivity index (χ3v) is 6.37. The van der Waals surface area contributed by atoms with Crippen molar-refractivity contribution >= 4 is 11.9 Å². The van der Waals surface area contributed by atoms with Gasteiger partial charge in [0.25, 0.3) is 0 Å². The van der Waals surface area contributed by atoms with Crippen molar-refractivity contribution in [1.29, 1.82) is 0 Å². The van der Waals surface area contributed by atoms with Crippen molar-refractivity contribution in [2.24, 2.45) is 23.5 Å². The molecule has 0 aliphatic rings. The van der Waals surface area contributed by atoms with Crippen molar-refractivity contribution in [2.45, 2.75) is 78.4 Å². The minimum absolute atomic E-state index is 0.128. The van der Waals surface area contributed by atoms with E-state index in [4.69, 9.17) is 29.8 Å². The molecule has 37 heavy (non-hydrogen) atoms. The summed E-state index contributed by atoms with van der Waals surface area (Å²) in [5.41, 5.74) is 7.34. The summed E-state index contributed by atoms with van der Waals surface area (Å²) in [4.78, 5) is 22.7. The molecular formula is C28H47NO8. The van der Waals surface area contributed by atoms with Gasteiger partial charge in [0.15, 0.2) is 11.5 Å². The van der Waals surface area contributed by atoms with Crippen LogP contribution in [-0.2, 0) is 25.5 Å². The summed E-state index contributed by atoms with van der Waals surface area (Å²) < 4.78 is 22.0. The fraction of sp³-hybridized carbons (Fsp3) is 0.714. The van der Waals surface area contributed by atoms with Crippen LogP contribution in [0.15, 0.2) is 18.2 Å². The summed E-state index contributed by atoms with van der Waals surface area (Å²) >= 11 is 0. The monoisotopic (exact) mass is 525 g/mol. The first-order valence-electron chi connectivity index (χ1n) is 13.3. The number of rotatable bonds is 20. The minimum atomic E-state index is -0.937. The van der Waals surface area contributed by atoms with Crippen LogP contribution >= 0.6 is 0 Å². The number of nitrogens with two attached hydrogens (primary N) is 1. The number of hydrogen-bond acceptors (Lipinski definition) is 8. The molecule has 0 radical (unpaired) electrons. The number of carbonyl (C=O) groups is 2. The van der Waals surface area contributed by atoms with E-state index >= 15 is 0 Å². The Balaban J connectivity index is 2.88. The van der Waals surface area contributed by atoms with E-state index in [2.05, 4.69) is 13.8 Å². The molecule has 0 saturated heterocycles. The van der Waals surface area contributed by atoms with Crippen LogP contribution in [0.1, 0.15) is 65.4 Å². The van der Waals surface area contributed by atoms with E-state index in [1.54, 1.807) is 21.0 Å². The van der Waals surface area contributed by atoms with Crippen LogP contribution in [-0.4, -0.2) is 67.8 Å². The van der Waals surface area contributed by atoms with Gasteiger partial charge in [-0.1, -0.05) is 26.8 Å². The Kier molecular flexibility index (Phi) is 15.9. The zero-order valence-electron chi connectivity index (χ0n) is 23.1. The molecule has 9 nitrogen and oxygen atoms in total. The first-order valence-corrected chi connectivity index (χ1v) is 13.3. The van der Waals surface area contributed by atoms with E-state index in [1.165, 1.54) is 0 Å². The highest BCUT2D eigenvalue weighted by molar-refractivity contribution is 5.69. The van der Waals surface area contributed by atoms with Gasteiger partial charge in [-0.05, 0) is 62.1 Å². The lowest BCUT2D eigenvalue weighted by Crippen LogP contribution is -2.39. The fourth-order valence-corrected chi connectivity index (χ4v) is 3.97. The fourth-order valence-electron chi connectivity index (χ4n) is 3.97. The number of carboxylic acid groups (broad SMARTS) is 1. The number of methoxy groups -OCH3 is 1. The number of carbonyl (C=O) groups excluding carboxylic acids is 1. The van der Waals surface area contributed by atoms with E-state index in [0.717, 1.165) is 18.4 Å². The van der Waals surface area contributed by atoms with Crippen molar-refractivity contribution < 1.29 is 38.7 Å². The second-order valence-corrected chi connectivity index (χ2v) is 9.88. The Labute approximate surface area is 221 Å². The van der Waals surface area contributed by atoms with Gasteiger partial charge in [0.1, 0.15) is 0 Å². The number of aliphatic hydroxyl groups is 1. The van der Waals surface area contributed by atoms with Crippen molar-refractivity contribution in [3.8, 4) is 11.5 Å². The number of esters is 1. The molecule has 0 bridgehead atoms. The second-order valence-electron chi connectivity index (χ2n) is 9.88. The maximum Gasteiger partial charge on any atom is 0.306 e. The third kappa shape index (κ3) is 13.1. The SMILES string of the molecule is CCOC(=O)CCCOc1ccc(C[C@@H](C[C@H](N)[C@@H](O)C[C@@H](C)C(=O)O)C(C)C)cc1OCCCOC. The minimum Gasteiger partial charge on any atom is -0.490 e. The van der Waals surface area contributed by atoms with E-state index in [0.29, 0.717) is 63.1 Å². The van der Waals surface area contributed by atoms with Gasteiger partial charge >= 0.3 is 11.9 Å². The molecule has 1 aromatic carbocycles. The number of hydrogen-bond donors (Lipinski definition) is 3. The van der Waals surface area contributed by atoms with Crippen LogP contribution in [0.5, 0.6) is 11.5 Å². The lowest BCUT2D eigenvalue weighted by atomic mass is 9.82. The first-order chi connectivity index (χ1) is 17.6. The lowest BCUT2D eigenvalue weighted by Gasteiger charge is -2.28. The van der Waals surface area contributed by atoms with Gasteiger partial charge in [-0.3, -0.25) is 9.59 Å². The predicted molar refractivity (Wildman–Crippen MR) is 142 cm³/mol. The summed E-state index contributed by atoms with van der Waals surface area (Å²) in [5, 5.41) is 19.6. The van der Waals surface area contributed by atoms with Gasteiger partial charge in [-0.2, -0.15) is 0 Å². The summed E-state index contributed by atoms with van der Waals surface area (Å²) in [6, 6.07) is 5.33. The Morgan fingerprint density at radius 1 is 1.00 bits per heavy atom. The van der Waals surface area contributed by atoms with Crippen molar-refractivity contribution in [2.75, 3.05) is 33.5 Å². The smallest absolute Gasteiger partial charge is 0.306 e. The molecule has 0 saturated carbocycles. The molecule has 0 amide bonds. The molecule has 9 heteroatoms. The predicted octanol–water partition coefficient (Wildman–Crippen LogP) is 3.83. The molecule has 0 heterocycles. The highest BCUT2D eigenvalue weighted by Crippen LogP contribution is 2.32. The largest absolute Gasteiger partial charge is 0.490 e. The summed E-state index contributed by atoms with van der Waals surface area (Å²) in [6.07, 6.45) is 2.12. The molecule has 0 fully saturated rings. The molecule has 1 aromatic rings. The Morgan fingerprint density at radius 3 is 2.30 bits per heavy atom. The number of aliphatic carboxylic acids is 1. The summed E-state index contributed by atoms with van der Waals surface area (Å²) in [5.74, 6) is -0.0951. The Morgan fingerprint density at radius 2 is 1.68 bits per heavy atom. The van der Waals surface area contributed by atoms with E-state index < -0.39 is 24.0 Å². The second kappa shape index (κ2) is 18.0. The van der Waals surface area contributed by atoms with Gasteiger partial charge in [0.05, 0.1) is 31.8 Å². The van der Waals surface area contributed by atoms with Gasteiger partial charge < -0.3 is 34.9 Å². The van der Waals surface area contributed by atoms with Crippen LogP contribution in [0.4, 0.5) is 0 Å². The lowest BCUT2D eigenvalue weighted by molar-refractivity contribution is -0.143.